The molecule has 0 bridgehead atoms. The summed E-state index contributed by atoms with van der Waals surface area (Å²) in [6, 6.07) is 3.22. The molecule has 0 aliphatic rings. The van der Waals surface area contributed by atoms with Crippen LogP contribution in [0, 0.1) is 10.8 Å². The van der Waals surface area contributed by atoms with E-state index in [9.17, 15) is 8.42 Å². The lowest BCUT2D eigenvalue weighted by Crippen LogP contribution is -2.03. The number of benzene rings is 1. The fourth-order valence-corrected chi connectivity index (χ4v) is 3.00. The van der Waals surface area contributed by atoms with Crippen molar-refractivity contribution in [3.05, 3.63) is 28.5 Å². The molecule has 1 N–H and O–H groups in total. The molecular formula is C11H10O3S2. The number of thiophene rings is 1. The highest BCUT2D eigenvalue weighted by molar-refractivity contribution is 7.85. The van der Waals surface area contributed by atoms with E-state index >= 15 is 0 Å². The van der Waals surface area contributed by atoms with E-state index in [4.69, 9.17) is 4.55 Å². The third-order valence-corrected chi connectivity index (χ3v) is 3.90. The molecule has 0 spiro atoms. The van der Waals surface area contributed by atoms with Gasteiger partial charge in [-0.2, -0.15) is 8.42 Å². The van der Waals surface area contributed by atoms with Crippen LogP contribution in [-0.4, -0.2) is 13.0 Å². The molecule has 0 fully saturated rings. The van der Waals surface area contributed by atoms with Crippen molar-refractivity contribution >= 4 is 32.2 Å². The summed E-state index contributed by atoms with van der Waals surface area (Å²) in [6.07, 6.45) is 1.44. The third kappa shape index (κ3) is 2.11. The van der Waals surface area contributed by atoms with Gasteiger partial charge in [0.2, 0.25) is 0 Å². The molecule has 0 saturated carbocycles. The zero-order chi connectivity index (χ0) is 11.8. The molecule has 0 atom stereocenters. The molecule has 5 heteroatoms. The van der Waals surface area contributed by atoms with Crippen molar-refractivity contribution in [3.63, 3.8) is 0 Å². The molecule has 0 aliphatic carbocycles. The minimum atomic E-state index is -4.15. The zero-order valence-corrected chi connectivity index (χ0v) is 10.3. The Bertz CT molecular complexity index is 611. The van der Waals surface area contributed by atoms with E-state index in [1.165, 1.54) is 17.4 Å². The van der Waals surface area contributed by atoms with Gasteiger partial charge in [-0.1, -0.05) is 13.3 Å². The smallest absolute Gasteiger partial charge is 0.282 e. The average molecular weight is 254 g/mol. The Hall–Kier alpha value is -0.910. The van der Waals surface area contributed by atoms with Gasteiger partial charge in [-0.25, -0.2) is 0 Å². The van der Waals surface area contributed by atoms with Gasteiger partial charge in [0.15, 0.2) is 0 Å². The predicted octanol–water partition coefficient (Wildman–Crippen LogP) is 2.70. The summed E-state index contributed by atoms with van der Waals surface area (Å²) < 4.78 is 31.6. The topological polar surface area (TPSA) is 54.4 Å². The van der Waals surface area contributed by atoms with E-state index in [0.717, 1.165) is 11.8 Å². The molecule has 0 amide bonds. The summed E-state index contributed by atoms with van der Waals surface area (Å²) >= 11 is 1.27. The lowest BCUT2D eigenvalue weighted by atomic mass is 10.1. The van der Waals surface area contributed by atoms with Crippen LogP contribution in [0.5, 0.6) is 0 Å². The van der Waals surface area contributed by atoms with Gasteiger partial charge in [-0.15, -0.1) is 11.3 Å². The van der Waals surface area contributed by atoms with Crippen LogP contribution < -0.4 is 0 Å². The van der Waals surface area contributed by atoms with Crippen LogP contribution in [0.3, 0.4) is 0 Å². The minimum Gasteiger partial charge on any atom is -0.282 e. The van der Waals surface area contributed by atoms with Gasteiger partial charge in [0, 0.05) is 10.8 Å². The molecule has 0 aliphatic heterocycles. The van der Waals surface area contributed by atoms with Gasteiger partial charge >= 0.3 is 0 Å². The standard InChI is InChI=1S/C11H10O3S2/c1-2-3-8-4-9-6-15-7-10(9)5-11(8)16(12,13)14/h4-5H,2-3H2,1H3,(H,12,13,14). The van der Waals surface area contributed by atoms with Gasteiger partial charge in [0.25, 0.3) is 10.1 Å². The van der Waals surface area contributed by atoms with Crippen LogP contribution in [0.2, 0.25) is 0 Å². The van der Waals surface area contributed by atoms with E-state index < -0.39 is 10.1 Å². The molecule has 0 saturated heterocycles. The van der Waals surface area contributed by atoms with Gasteiger partial charge in [0.05, 0.1) is 15.7 Å². The van der Waals surface area contributed by atoms with E-state index in [1.807, 2.05) is 6.92 Å². The molecule has 84 valence electrons. The molecule has 3 nitrogen and oxygen atoms in total. The van der Waals surface area contributed by atoms with Crippen molar-refractivity contribution in [2.45, 2.75) is 24.7 Å². The van der Waals surface area contributed by atoms with E-state index in [2.05, 4.69) is 10.8 Å². The first-order valence-electron chi connectivity index (χ1n) is 4.84. The Morgan fingerprint density at radius 1 is 1.31 bits per heavy atom. The molecule has 2 radical (unpaired) electrons. The second kappa shape index (κ2) is 4.16. The number of hydrogen-bond acceptors (Lipinski definition) is 3. The van der Waals surface area contributed by atoms with Gasteiger partial charge in [-0.05, 0) is 24.1 Å². The largest absolute Gasteiger partial charge is 0.294 e. The summed E-state index contributed by atoms with van der Waals surface area (Å²) in [5.74, 6) is 0. The lowest BCUT2D eigenvalue weighted by molar-refractivity contribution is 0.482. The Morgan fingerprint density at radius 3 is 2.50 bits per heavy atom. The third-order valence-electron chi connectivity index (χ3n) is 2.32. The summed E-state index contributed by atoms with van der Waals surface area (Å²) in [6.45, 7) is 1.96. The fraction of sp³-hybridized carbons (Fsp3) is 0.273. The number of aryl methyl sites for hydroxylation is 1. The lowest BCUT2D eigenvalue weighted by Gasteiger charge is -2.06. The highest BCUT2D eigenvalue weighted by atomic mass is 32.2. The van der Waals surface area contributed by atoms with Crippen molar-refractivity contribution in [2.75, 3.05) is 0 Å². The molecule has 0 unspecified atom stereocenters. The molecule has 1 heterocycles. The number of fused-ring (bicyclic) bond motifs is 1. The van der Waals surface area contributed by atoms with Crippen molar-refractivity contribution < 1.29 is 13.0 Å². The second-order valence-electron chi connectivity index (χ2n) is 3.54. The molecule has 1 aromatic carbocycles. The average Bonchev–Trinajstić information content (AvgIpc) is 2.62. The Balaban J connectivity index is 2.72. The summed E-state index contributed by atoms with van der Waals surface area (Å²) in [7, 11) is -4.15. The van der Waals surface area contributed by atoms with E-state index in [-0.39, 0.29) is 4.90 Å². The highest BCUT2D eigenvalue weighted by Gasteiger charge is 2.16. The Labute approximate surface area is 98.5 Å². The number of rotatable bonds is 3. The number of hydrogen-bond donors (Lipinski definition) is 1. The Kier molecular flexibility index (Phi) is 3.01. The van der Waals surface area contributed by atoms with E-state index in [0.29, 0.717) is 17.4 Å². The zero-order valence-electron chi connectivity index (χ0n) is 8.65. The maximum absolute atomic E-state index is 11.2. The van der Waals surface area contributed by atoms with Gasteiger partial charge in [0.1, 0.15) is 0 Å². The van der Waals surface area contributed by atoms with Gasteiger partial charge in [-0.3, -0.25) is 4.55 Å². The second-order valence-corrected chi connectivity index (χ2v) is 5.54. The van der Waals surface area contributed by atoms with Crippen LogP contribution in [0.1, 0.15) is 18.9 Å². The van der Waals surface area contributed by atoms with E-state index in [1.54, 1.807) is 6.07 Å². The highest BCUT2D eigenvalue weighted by Crippen LogP contribution is 2.26. The van der Waals surface area contributed by atoms with Crippen LogP contribution in [0.25, 0.3) is 10.8 Å². The first-order chi connectivity index (χ1) is 7.52. The van der Waals surface area contributed by atoms with Gasteiger partial charge < -0.3 is 0 Å². The van der Waals surface area contributed by atoms with Crippen LogP contribution in [0.15, 0.2) is 17.0 Å². The molecule has 1 aromatic heterocycles. The monoisotopic (exact) mass is 254 g/mol. The predicted molar refractivity (Wildman–Crippen MR) is 63.3 cm³/mol. The van der Waals surface area contributed by atoms with Crippen molar-refractivity contribution in [3.8, 4) is 0 Å². The van der Waals surface area contributed by atoms with Crippen LogP contribution >= 0.6 is 11.3 Å². The molecule has 16 heavy (non-hydrogen) atoms. The quantitative estimate of drug-likeness (QED) is 0.857. The summed E-state index contributed by atoms with van der Waals surface area (Å²) in [5.41, 5.74) is 0.639. The van der Waals surface area contributed by atoms with Crippen LogP contribution in [-0.2, 0) is 16.5 Å². The normalized spacial score (nSPS) is 12.1. The molecule has 2 aromatic rings. The SMILES string of the molecule is CCCc1cc2[c]s[c]c2cc1S(=O)(=O)O. The van der Waals surface area contributed by atoms with Crippen LogP contribution in [0.4, 0.5) is 0 Å². The Morgan fingerprint density at radius 2 is 1.94 bits per heavy atom. The fourth-order valence-electron chi connectivity index (χ4n) is 1.63. The molecule has 2 rings (SSSR count). The van der Waals surface area contributed by atoms with Crippen molar-refractivity contribution in [1.82, 2.24) is 0 Å². The maximum Gasteiger partial charge on any atom is 0.294 e. The first-order valence-corrected chi connectivity index (χ1v) is 7.10. The maximum atomic E-state index is 11.2. The van der Waals surface area contributed by atoms with Crippen molar-refractivity contribution in [2.24, 2.45) is 0 Å². The minimum absolute atomic E-state index is 0.00935. The summed E-state index contributed by atoms with van der Waals surface area (Å²) in [5, 5.41) is 7.44. The molecular weight excluding hydrogens is 244 g/mol. The van der Waals surface area contributed by atoms with Crippen molar-refractivity contribution in [1.29, 1.82) is 0 Å². The first kappa shape index (κ1) is 11.6. The summed E-state index contributed by atoms with van der Waals surface area (Å²) in [4.78, 5) is -0.00935.